The van der Waals surface area contributed by atoms with Crippen LogP contribution >= 0.6 is 0 Å². The Kier molecular flexibility index (Phi) is 23.6. The van der Waals surface area contributed by atoms with Gasteiger partial charge in [0.2, 0.25) is 0 Å². The predicted molar refractivity (Wildman–Crippen MR) is 77.4 cm³/mol. The molecule has 0 radical (unpaired) electrons. The fraction of sp³-hybridized carbons (Fsp3) is 0.600. The molecule has 24 heavy (non-hydrogen) atoms. The Balaban J connectivity index is -0.000000301. The normalized spacial score (nSPS) is 8.92. The third-order valence-corrected chi connectivity index (χ3v) is 2.16. The van der Waals surface area contributed by atoms with Crippen LogP contribution in [-0.4, -0.2) is 94.1 Å². The van der Waals surface area contributed by atoms with Gasteiger partial charge in [0.25, 0.3) is 0 Å². The van der Waals surface area contributed by atoms with E-state index in [-0.39, 0.29) is 36.3 Å². The molecule has 0 aliphatic carbocycles. The SMILES string of the molecule is O.O.O=C([O-])CN(CCN(CC(=O)O)CC(=O)O)CC(=O)[O-].[NH4+].[NH4+]. The monoisotopic (exact) mass is 362 g/mol. The lowest BCUT2D eigenvalue weighted by Gasteiger charge is -2.26. The van der Waals surface area contributed by atoms with Crippen LogP contribution in [0.5, 0.6) is 0 Å². The van der Waals surface area contributed by atoms with E-state index in [4.69, 9.17) is 10.2 Å². The number of carboxylic acids is 4. The van der Waals surface area contributed by atoms with Crippen molar-refractivity contribution in [1.82, 2.24) is 22.1 Å². The fourth-order valence-corrected chi connectivity index (χ4v) is 1.46. The summed E-state index contributed by atoms with van der Waals surface area (Å²) in [6, 6.07) is 0. The van der Waals surface area contributed by atoms with Crippen LogP contribution < -0.4 is 22.5 Å². The highest BCUT2D eigenvalue weighted by Gasteiger charge is 2.15. The van der Waals surface area contributed by atoms with E-state index in [0.717, 1.165) is 9.80 Å². The molecule has 0 rings (SSSR count). The molecule has 14 N–H and O–H groups in total. The van der Waals surface area contributed by atoms with Crippen LogP contribution in [-0.2, 0) is 19.2 Å². The van der Waals surface area contributed by atoms with Crippen LogP contribution in [0.2, 0.25) is 0 Å². The summed E-state index contributed by atoms with van der Waals surface area (Å²) in [7, 11) is 0. The molecule has 146 valence electrons. The van der Waals surface area contributed by atoms with Gasteiger partial charge in [0.15, 0.2) is 0 Å². The van der Waals surface area contributed by atoms with Crippen LogP contribution in [0.25, 0.3) is 0 Å². The zero-order valence-corrected chi connectivity index (χ0v) is 13.5. The number of carbonyl (C=O) groups excluding carboxylic acids is 2. The Morgan fingerprint density at radius 3 is 1.12 bits per heavy atom. The van der Waals surface area contributed by atoms with Gasteiger partial charge >= 0.3 is 11.9 Å². The van der Waals surface area contributed by atoms with Gasteiger partial charge < -0.3 is 53.3 Å². The van der Waals surface area contributed by atoms with E-state index in [1.807, 2.05) is 0 Å². The Morgan fingerprint density at radius 1 is 0.667 bits per heavy atom. The van der Waals surface area contributed by atoms with Gasteiger partial charge in [-0.1, -0.05) is 0 Å². The molecule has 0 saturated carbocycles. The molecule has 0 spiro atoms. The summed E-state index contributed by atoms with van der Waals surface area (Å²) in [6.45, 7) is -2.75. The van der Waals surface area contributed by atoms with Crippen LogP contribution in [0.3, 0.4) is 0 Å². The van der Waals surface area contributed by atoms with Crippen molar-refractivity contribution in [2.24, 2.45) is 0 Å². The second-order valence-electron chi connectivity index (χ2n) is 3.95. The second-order valence-corrected chi connectivity index (χ2v) is 3.95. The van der Waals surface area contributed by atoms with E-state index in [0.29, 0.717) is 0 Å². The van der Waals surface area contributed by atoms with Gasteiger partial charge in [-0.3, -0.25) is 19.4 Å². The predicted octanol–water partition coefficient (Wildman–Crippen LogP) is -5.64. The van der Waals surface area contributed by atoms with Crippen molar-refractivity contribution in [2.75, 3.05) is 39.3 Å². The van der Waals surface area contributed by atoms with Gasteiger partial charge in [0.05, 0.1) is 25.0 Å². The number of hydrogen-bond acceptors (Lipinski definition) is 8. The largest absolute Gasteiger partial charge is 0.549 e. The highest BCUT2D eigenvalue weighted by Crippen LogP contribution is 1.93. The summed E-state index contributed by atoms with van der Waals surface area (Å²) in [6.07, 6.45) is 0. The van der Waals surface area contributed by atoms with Gasteiger partial charge in [-0.2, -0.15) is 0 Å². The first kappa shape index (κ1) is 33.3. The van der Waals surface area contributed by atoms with Gasteiger partial charge in [0.1, 0.15) is 0 Å². The molecule has 0 unspecified atom stereocenters. The molecule has 0 aliphatic rings. The van der Waals surface area contributed by atoms with Crippen molar-refractivity contribution in [1.29, 1.82) is 0 Å². The number of carbonyl (C=O) groups is 4. The minimum absolute atomic E-state index is 0. The van der Waals surface area contributed by atoms with Crippen molar-refractivity contribution < 1.29 is 50.6 Å². The lowest BCUT2D eigenvalue weighted by Crippen LogP contribution is -2.47. The van der Waals surface area contributed by atoms with E-state index >= 15 is 0 Å². The van der Waals surface area contributed by atoms with Gasteiger partial charge in [-0.15, -0.1) is 0 Å². The third kappa shape index (κ3) is 19.6. The molecule has 14 nitrogen and oxygen atoms in total. The van der Waals surface area contributed by atoms with E-state index in [9.17, 15) is 29.4 Å². The van der Waals surface area contributed by atoms with Crippen molar-refractivity contribution >= 4 is 23.9 Å². The fourth-order valence-electron chi connectivity index (χ4n) is 1.46. The molecule has 0 aromatic carbocycles. The first-order valence-corrected chi connectivity index (χ1v) is 5.48. The first-order valence-electron chi connectivity index (χ1n) is 5.48. The topological polar surface area (TPSA) is 297 Å². The molecule has 0 heterocycles. The van der Waals surface area contributed by atoms with E-state index < -0.39 is 50.1 Å². The average molecular weight is 362 g/mol. The molecule has 0 aromatic rings. The first-order chi connectivity index (χ1) is 9.20. The third-order valence-electron chi connectivity index (χ3n) is 2.16. The smallest absolute Gasteiger partial charge is 0.317 e. The van der Waals surface area contributed by atoms with Crippen molar-refractivity contribution in [2.45, 2.75) is 0 Å². The number of nitrogens with zero attached hydrogens (tertiary/aromatic N) is 2. The van der Waals surface area contributed by atoms with Crippen molar-refractivity contribution in [3.63, 3.8) is 0 Å². The van der Waals surface area contributed by atoms with Crippen molar-refractivity contribution in [3.8, 4) is 0 Å². The Morgan fingerprint density at radius 2 is 0.917 bits per heavy atom. The molecule has 14 heteroatoms. The highest BCUT2D eigenvalue weighted by atomic mass is 16.4. The molecular weight excluding hydrogens is 336 g/mol. The molecule has 0 saturated heterocycles. The standard InChI is InChI=1S/C10H16N2O8.2H3N.2H2O/c13-7(14)3-11(4-8(15)16)1-2-12(5-9(17)18)6-10(19)20;;;;/h1-6H2,(H,13,14)(H,15,16)(H,17,18)(H,19,20);2*1H3;2*1H2. The van der Waals surface area contributed by atoms with E-state index in [1.54, 1.807) is 0 Å². The zero-order chi connectivity index (χ0) is 15.7. The zero-order valence-electron chi connectivity index (χ0n) is 13.5. The maximum Gasteiger partial charge on any atom is 0.317 e. The molecule has 0 amide bonds. The number of quaternary nitrogens is 2. The van der Waals surface area contributed by atoms with Crippen molar-refractivity contribution in [3.05, 3.63) is 0 Å². The van der Waals surface area contributed by atoms with Crippen LogP contribution in [0.15, 0.2) is 0 Å². The quantitative estimate of drug-likeness (QED) is 0.270. The molecule has 0 aromatic heterocycles. The minimum atomic E-state index is -1.51. The van der Waals surface area contributed by atoms with Gasteiger partial charge in [0, 0.05) is 26.2 Å². The van der Waals surface area contributed by atoms with Crippen LogP contribution in [0.1, 0.15) is 0 Å². The Hall–Kier alpha value is -2.36. The summed E-state index contributed by atoms with van der Waals surface area (Å²) in [5.41, 5.74) is 0. The molecule has 0 bridgehead atoms. The van der Waals surface area contributed by atoms with Crippen LogP contribution in [0.4, 0.5) is 0 Å². The number of carboxylic acid groups (broad SMARTS) is 4. The highest BCUT2D eigenvalue weighted by molar-refractivity contribution is 5.72. The van der Waals surface area contributed by atoms with E-state index in [1.165, 1.54) is 0 Å². The van der Waals surface area contributed by atoms with Gasteiger partial charge in [-0.25, -0.2) is 0 Å². The Labute approximate surface area is 137 Å². The summed E-state index contributed by atoms with van der Waals surface area (Å²) in [5.74, 6) is -5.52. The number of rotatable bonds is 11. The maximum atomic E-state index is 10.5. The summed E-state index contributed by atoms with van der Waals surface area (Å²) in [5, 5.41) is 38.0. The lowest BCUT2D eigenvalue weighted by molar-refractivity contribution is -0.310. The number of aliphatic carboxylic acids is 4. The maximum absolute atomic E-state index is 10.5. The molecule has 0 aliphatic heterocycles. The molecular formula is C10H26N4O10. The van der Waals surface area contributed by atoms with E-state index in [2.05, 4.69) is 0 Å². The summed E-state index contributed by atoms with van der Waals surface area (Å²) >= 11 is 0. The molecule has 0 fully saturated rings. The molecule has 0 atom stereocenters. The lowest BCUT2D eigenvalue weighted by atomic mass is 10.4. The summed E-state index contributed by atoms with van der Waals surface area (Å²) in [4.78, 5) is 43.9. The Bertz CT molecular complexity index is 324. The second kappa shape index (κ2) is 17.0. The number of hydrogen-bond donors (Lipinski definition) is 4. The van der Waals surface area contributed by atoms with Crippen LogP contribution in [0, 0.1) is 0 Å². The average Bonchev–Trinajstić information content (AvgIpc) is 2.22. The summed E-state index contributed by atoms with van der Waals surface area (Å²) < 4.78 is 0. The van der Waals surface area contributed by atoms with Gasteiger partial charge in [-0.05, 0) is 0 Å². The minimum Gasteiger partial charge on any atom is -0.549 e.